The van der Waals surface area contributed by atoms with Gasteiger partial charge in [0.15, 0.2) is 0 Å². The highest BCUT2D eigenvalue weighted by Crippen LogP contribution is 2.44. The Morgan fingerprint density at radius 1 is 1.33 bits per heavy atom. The van der Waals surface area contributed by atoms with Crippen molar-refractivity contribution in [3.05, 3.63) is 29.8 Å². The Balaban J connectivity index is 2.15. The van der Waals surface area contributed by atoms with Gasteiger partial charge in [-0.3, -0.25) is 0 Å². The van der Waals surface area contributed by atoms with Gasteiger partial charge in [-0.2, -0.15) is 0 Å². The molecule has 2 nitrogen and oxygen atoms in total. The number of rotatable bonds is 4. The van der Waals surface area contributed by atoms with Crippen molar-refractivity contribution >= 4 is 0 Å². The number of para-hydroxylation sites is 1. The van der Waals surface area contributed by atoms with E-state index in [1.807, 2.05) is 18.2 Å². The van der Waals surface area contributed by atoms with Crippen LogP contribution in [0.2, 0.25) is 0 Å². The second kappa shape index (κ2) is 4.23. The lowest BCUT2D eigenvalue weighted by Crippen LogP contribution is -2.35. The largest absolute Gasteiger partial charge is 0.496 e. The minimum absolute atomic E-state index is 0.134. The summed E-state index contributed by atoms with van der Waals surface area (Å²) < 4.78 is 5.32. The lowest BCUT2D eigenvalue weighted by molar-refractivity contribution is 0.0445. The average molecular weight is 206 g/mol. The monoisotopic (exact) mass is 206 g/mol. The summed E-state index contributed by atoms with van der Waals surface area (Å²) in [6, 6.07) is 8.09. The molecule has 0 atom stereocenters. The fraction of sp³-hybridized carbons (Fsp3) is 0.538. The molecule has 1 aromatic carbocycles. The predicted molar refractivity (Wildman–Crippen MR) is 60.1 cm³/mol. The van der Waals surface area contributed by atoms with Crippen LogP contribution in [0.3, 0.4) is 0 Å². The summed E-state index contributed by atoms with van der Waals surface area (Å²) in [7, 11) is 1.70. The summed E-state index contributed by atoms with van der Waals surface area (Å²) in [5.41, 5.74) is 1.35. The van der Waals surface area contributed by atoms with Gasteiger partial charge >= 0.3 is 0 Å². The Hall–Kier alpha value is -1.02. The normalized spacial score (nSPS) is 18.3. The van der Waals surface area contributed by atoms with Crippen LogP contribution in [0.4, 0.5) is 0 Å². The lowest BCUT2D eigenvalue weighted by Gasteiger charge is -2.40. The molecule has 2 heteroatoms. The third kappa shape index (κ3) is 2.00. The highest BCUT2D eigenvalue weighted by molar-refractivity contribution is 5.34. The summed E-state index contributed by atoms with van der Waals surface area (Å²) in [4.78, 5) is 0. The number of hydrogen-bond donors (Lipinski definition) is 1. The van der Waals surface area contributed by atoms with E-state index in [1.54, 1.807) is 7.11 Å². The van der Waals surface area contributed by atoms with Gasteiger partial charge in [0.1, 0.15) is 5.75 Å². The minimum atomic E-state index is 0.134. The number of aliphatic hydroxyl groups is 1. The Morgan fingerprint density at radius 3 is 2.60 bits per heavy atom. The van der Waals surface area contributed by atoms with Gasteiger partial charge in [-0.25, -0.2) is 0 Å². The summed E-state index contributed by atoms with van der Waals surface area (Å²) in [6.45, 7) is 0.297. The Bertz CT molecular complexity index is 324. The van der Waals surface area contributed by atoms with Crippen LogP contribution in [0.25, 0.3) is 0 Å². The minimum Gasteiger partial charge on any atom is -0.496 e. The molecule has 1 aliphatic carbocycles. The molecule has 0 radical (unpaired) electrons. The van der Waals surface area contributed by atoms with E-state index in [1.165, 1.54) is 12.0 Å². The van der Waals surface area contributed by atoms with Crippen LogP contribution in [-0.4, -0.2) is 18.8 Å². The fourth-order valence-corrected chi connectivity index (χ4v) is 2.32. The molecule has 2 rings (SSSR count). The standard InChI is InChI=1S/C13H18O2/c1-15-12-6-3-2-5-11(12)9-13(10-14)7-4-8-13/h2-3,5-6,14H,4,7-10H2,1H3. The molecule has 0 bridgehead atoms. The molecule has 0 saturated heterocycles. The smallest absolute Gasteiger partial charge is 0.122 e. The first-order chi connectivity index (χ1) is 7.29. The first-order valence-corrected chi connectivity index (χ1v) is 5.52. The molecule has 0 amide bonds. The molecule has 1 aliphatic rings. The van der Waals surface area contributed by atoms with Crippen LogP contribution in [0.1, 0.15) is 24.8 Å². The van der Waals surface area contributed by atoms with Gasteiger partial charge in [0.05, 0.1) is 7.11 Å². The van der Waals surface area contributed by atoms with Crippen LogP contribution in [0.15, 0.2) is 24.3 Å². The average Bonchev–Trinajstić information content (AvgIpc) is 2.24. The van der Waals surface area contributed by atoms with Crippen LogP contribution in [-0.2, 0) is 6.42 Å². The second-order valence-electron chi connectivity index (χ2n) is 4.50. The van der Waals surface area contributed by atoms with Crippen molar-refractivity contribution in [3.63, 3.8) is 0 Å². The van der Waals surface area contributed by atoms with Crippen molar-refractivity contribution in [1.82, 2.24) is 0 Å². The molecule has 0 aromatic heterocycles. The summed E-state index contributed by atoms with van der Waals surface area (Å²) in [6.07, 6.45) is 4.46. The molecular weight excluding hydrogens is 188 g/mol. The quantitative estimate of drug-likeness (QED) is 0.819. The van der Waals surface area contributed by atoms with Crippen LogP contribution < -0.4 is 4.74 Å². The van der Waals surface area contributed by atoms with Crippen molar-refractivity contribution in [2.75, 3.05) is 13.7 Å². The Kier molecular flexibility index (Phi) is 2.96. The predicted octanol–water partition coefficient (Wildman–Crippen LogP) is 2.40. The molecular formula is C13H18O2. The maximum atomic E-state index is 9.42. The molecule has 0 unspecified atom stereocenters. The van der Waals surface area contributed by atoms with Crippen LogP contribution in [0.5, 0.6) is 5.75 Å². The van der Waals surface area contributed by atoms with Gasteiger partial charge < -0.3 is 9.84 Å². The Morgan fingerprint density at radius 2 is 2.07 bits per heavy atom. The van der Waals surface area contributed by atoms with E-state index in [2.05, 4.69) is 6.07 Å². The number of hydrogen-bond acceptors (Lipinski definition) is 2. The van der Waals surface area contributed by atoms with Crippen molar-refractivity contribution in [1.29, 1.82) is 0 Å². The van der Waals surface area contributed by atoms with Gasteiger partial charge in [0.25, 0.3) is 0 Å². The Labute approximate surface area is 90.9 Å². The van der Waals surface area contributed by atoms with Gasteiger partial charge in [-0.05, 0) is 36.3 Å². The van der Waals surface area contributed by atoms with Gasteiger partial charge in [-0.1, -0.05) is 24.6 Å². The third-order valence-corrected chi connectivity index (χ3v) is 3.51. The van der Waals surface area contributed by atoms with E-state index in [0.29, 0.717) is 6.61 Å². The number of aliphatic hydroxyl groups excluding tert-OH is 1. The van der Waals surface area contributed by atoms with E-state index in [-0.39, 0.29) is 5.41 Å². The van der Waals surface area contributed by atoms with E-state index >= 15 is 0 Å². The summed E-state index contributed by atoms with van der Waals surface area (Å²) in [5, 5.41) is 9.42. The van der Waals surface area contributed by atoms with E-state index < -0.39 is 0 Å². The number of benzene rings is 1. The van der Waals surface area contributed by atoms with Crippen LogP contribution in [0, 0.1) is 5.41 Å². The molecule has 1 aromatic rings. The molecule has 1 fully saturated rings. The van der Waals surface area contributed by atoms with Crippen molar-refractivity contribution in [2.45, 2.75) is 25.7 Å². The van der Waals surface area contributed by atoms with Gasteiger partial charge in [0, 0.05) is 6.61 Å². The molecule has 0 heterocycles. The number of ether oxygens (including phenoxy) is 1. The second-order valence-corrected chi connectivity index (χ2v) is 4.50. The zero-order chi connectivity index (χ0) is 10.7. The zero-order valence-electron chi connectivity index (χ0n) is 9.20. The summed E-state index contributed by atoms with van der Waals surface area (Å²) in [5.74, 6) is 0.942. The maximum Gasteiger partial charge on any atom is 0.122 e. The molecule has 1 N–H and O–H groups in total. The van der Waals surface area contributed by atoms with E-state index in [0.717, 1.165) is 25.0 Å². The fourth-order valence-electron chi connectivity index (χ4n) is 2.32. The highest BCUT2D eigenvalue weighted by atomic mass is 16.5. The maximum absolute atomic E-state index is 9.42. The molecule has 15 heavy (non-hydrogen) atoms. The topological polar surface area (TPSA) is 29.5 Å². The van der Waals surface area contributed by atoms with Crippen molar-refractivity contribution in [2.24, 2.45) is 5.41 Å². The first kappa shape index (κ1) is 10.5. The summed E-state index contributed by atoms with van der Waals surface area (Å²) >= 11 is 0. The van der Waals surface area contributed by atoms with E-state index in [4.69, 9.17) is 4.74 Å². The highest BCUT2D eigenvalue weighted by Gasteiger charge is 2.36. The zero-order valence-corrected chi connectivity index (χ0v) is 9.20. The SMILES string of the molecule is COc1ccccc1CC1(CO)CCC1. The van der Waals surface area contributed by atoms with Crippen molar-refractivity contribution in [3.8, 4) is 5.75 Å². The lowest BCUT2D eigenvalue weighted by atomic mass is 9.66. The molecule has 0 aliphatic heterocycles. The number of methoxy groups -OCH3 is 1. The third-order valence-electron chi connectivity index (χ3n) is 3.51. The van der Waals surface area contributed by atoms with Gasteiger partial charge in [-0.15, -0.1) is 0 Å². The van der Waals surface area contributed by atoms with Gasteiger partial charge in [0.2, 0.25) is 0 Å². The molecule has 0 spiro atoms. The van der Waals surface area contributed by atoms with Crippen molar-refractivity contribution < 1.29 is 9.84 Å². The molecule has 1 saturated carbocycles. The van der Waals surface area contributed by atoms with E-state index in [9.17, 15) is 5.11 Å². The van der Waals surface area contributed by atoms with Crippen LogP contribution >= 0.6 is 0 Å². The molecule has 82 valence electrons. The first-order valence-electron chi connectivity index (χ1n) is 5.52.